The van der Waals surface area contributed by atoms with Crippen molar-refractivity contribution in [1.82, 2.24) is 10.2 Å². The van der Waals surface area contributed by atoms with Gasteiger partial charge in [0.2, 0.25) is 0 Å². The number of hydrazine groups is 1. The van der Waals surface area contributed by atoms with Crippen molar-refractivity contribution in [3.63, 3.8) is 0 Å². The molecule has 0 aliphatic rings. The number of anilines is 2. The molecule has 0 saturated carbocycles. The number of benzene rings is 2. The van der Waals surface area contributed by atoms with Gasteiger partial charge < -0.3 is 0 Å². The van der Waals surface area contributed by atoms with Gasteiger partial charge in [-0.1, -0.05) is 24.3 Å². The zero-order chi connectivity index (χ0) is 13.8. The average Bonchev–Trinajstić information content (AvgIpc) is 2.53. The minimum atomic E-state index is 0.389. The van der Waals surface area contributed by atoms with E-state index >= 15 is 0 Å². The zero-order valence-electron chi connectivity index (χ0n) is 10.4. The van der Waals surface area contributed by atoms with Gasteiger partial charge >= 0.3 is 0 Å². The predicted octanol–water partition coefficient (Wildman–Crippen LogP) is 3.47. The number of nitrogens with one attached hydrogen (secondary N) is 2. The van der Waals surface area contributed by atoms with Gasteiger partial charge in [-0.05, 0) is 29.4 Å². The smallest absolute Gasteiger partial charge is 0.174 e. The lowest BCUT2D eigenvalue weighted by Gasteiger charge is -2.10. The Labute approximate surface area is 114 Å². The van der Waals surface area contributed by atoms with Crippen molar-refractivity contribution in [2.45, 2.75) is 0 Å². The Morgan fingerprint density at radius 2 is 1.75 bits per heavy atom. The topological polar surface area (TPSA) is 79.3 Å². The van der Waals surface area contributed by atoms with Crippen LogP contribution in [-0.4, -0.2) is 10.2 Å². The molecule has 0 fully saturated rings. The second-order valence-corrected chi connectivity index (χ2v) is 4.17. The molecule has 0 bridgehead atoms. The third-order valence-corrected chi connectivity index (χ3v) is 2.87. The van der Waals surface area contributed by atoms with Gasteiger partial charge in [-0.3, -0.25) is 10.9 Å². The van der Waals surface area contributed by atoms with E-state index in [0.717, 1.165) is 16.5 Å². The summed E-state index contributed by atoms with van der Waals surface area (Å²) in [5, 5.41) is 12.8. The van der Waals surface area contributed by atoms with Crippen LogP contribution < -0.4 is 10.9 Å². The summed E-state index contributed by atoms with van der Waals surface area (Å²) in [6, 6.07) is 14.6. The van der Waals surface area contributed by atoms with Crippen molar-refractivity contribution < 1.29 is 0 Å². The van der Waals surface area contributed by atoms with E-state index in [4.69, 9.17) is 0 Å². The van der Waals surface area contributed by atoms with E-state index in [2.05, 4.69) is 26.2 Å². The minimum Gasteiger partial charge on any atom is -0.300 e. The molecule has 2 N–H and O–H groups in total. The van der Waals surface area contributed by atoms with E-state index < -0.39 is 0 Å². The first-order valence-electron chi connectivity index (χ1n) is 6.03. The van der Waals surface area contributed by atoms with Crippen molar-refractivity contribution in [3.05, 3.63) is 59.6 Å². The third-order valence-electron chi connectivity index (χ3n) is 2.87. The second kappa shape index (κ2) is 5.31. The van der Waals surface area contributed by atoms with Gasteiger partial charge in [0.1, 0.15) is 5.69 Å². The van der Waals surface area contributed by atoms with E-state index in [1.54, 1.807) is 30.5 Å². The summed E-state index contributed by atoms with van der Waals surface area (Å²) in [4.78, 5) is 10.3. The van der Waals surface area contributed by atoms with Gasteiger partial charge in [0, 0.05) is 10.8 Å². The van der Waals surface area contributed by atoms with E-state index in [1.807, 2.05) is 24.3 Å². The lowest BCUT2D eigenvalue weighted by molar-refractivity contribution is 1.05. The lowest BCUT2D eigenvalue weighted by atomic mass is 10.2. The van der Waals surface area contributed by atoms with Crippen molar-refractivity contribution >= 4 is 28.0 Å². The summed E-state index contributed by atoms with van der Waals surface area (Å²) >= 11 is 0. The molecule has 6 heteroatoms. The Hall–Kier alpha value is -3.02. The average molecular weight is 265 g/mol. The van der Waals surface area contributed by atoms with Gasteiger partial charge in [-0.15, -0.1) is 10.0 Å². The number of hydrogen-bond donors (Lipinski definition) is 2. The summed E-state index contributed by atoms with van der Waals surface area (Å²) in [5.74, 6) is 0.640. The molecular formula is C14H11N5O. The lowest BCUT2D eigenvalue weighted by Crippen LogP contribution is -2.10. The summed E-state index contributed by atoms with van der Waals surface area (Å²) < 4.78 is 0. The number of fused-ring (bicyclic) bond motifs is 1. The molecular weight excluding hydrogens is 254 g/mol. The first-order chi connectivity index (χ1) is 9.86. The highest BCUT2D eigenvalue weighted by Crippen LogP contribution is 2.20. The zero-order valence-corrected chi connectivity index (χ0v) is 10.4. The quantitative estimate of drug-likeness (QED) is 0.557. The fourth-order valence-electron chi connectivity index (χ4n) is 1.86. The van der Waals surface area contributed by atoms with Crippen LogP contribution in [0.2, 0.25) is 0 Å². The first kappa shape index (κ1) is 12.0. The Morgan fingerprint density at radius 1 is 0.950 bits per heavy atom. The van der Waals surface area contributed by atoms with Crippen LogP contribution >= 0.6 is 0 Å². The normalized spacial score (nSPS) is 10.2. The van der Waals surface area contributed by atoms with Crippen molar-refractivity contribution in [1.29, 1.82) is 0 Å². The van der Waals surface area contributed by atoms with E-state index in [9.17, 15) is 4.91 Å². The maximum absolute atomic E-state index is 10.3. The third kappa shape index (κ3) is 2.39. The number of nitroso groups, excluding NO2 is 1. The standard InChI is InChI=1S/C14H11N5O/c20-19-12-7-5-11(6-8-12)16-18-14-13-4-2-1-3-10(13)9-15-17-14/h1-9,16H,(H,17,18). The van der Waals surface area contributed by atoms with Crippen LogP contribution in [-0.2, 0) is 0 Å². The maximum Gasteiger partial charge on any atom is 0.174 e. The van der Waals surface area contributed by atoms with Crippen LogP contribution in [0.25, 0.3) is 10.8 Å². The fraction of sp³-hybridized carbons (Fsp3) is 0. The molecule has 0 spiro atoms. The number of hydrogen-bond acceptors (Lipinski definition) is 6. The fourth-order valence-corrected chi connectivity index (χ4v) is 1.86. The first-order valence-corrected chi connectivity index (χ1v) is 6.03. The highest BCUT2D eigenvalue weighted by molar-refractivity contribution is 5.91. The van der Waals surface area contributed by atoms with E-state index in [0.29, 0.717) is 11.5 Å². The van der Waals surface area contributed by atoms with Crippen LogP contribution in [0.15, 0.2) is 59.9 Å². The summed E-state index contributed by atoms with van der Waals surface area (Å²) in [6.45, 7) is 0. The summed E-state index contributed by atoms with van der Waals surface area (Å²) in [6.07, 6.45) is 1.71. The van der Waals surface area contributed by atoms with Crippen LogP contribution in [0, 0.1) is 4.91 Å². The Balaban J connectivity index is 1.81. The summed E-state index contributed by atoms with van der Waals surface area (Å²) in [7, 11) is 0. The molecule has 3 aromatic rings. The molecule has 6 nitrogen and oxygen atoms in total. The van der Waals surface area contributed by atoms with Gasteiger partial charge in [-0.25, -0.2) is 0 Å². The Morgan fingerprint density at radius 3 is 2.55 bits per heavy atom. The monoisotopic (exact) mass is 265 g/mol. The van der Waals surface area contributed by atoms with Gasteiger partial charge in [0.05, 0.1) is 11.9 Å². The molecule has 0 radical (unpaired) electrons. The van der Waals surface area contributed by atoms with E-state index in [-0.39, 0.29) is 0 Å². The molecule has 0 unspecified atom stereocenters. The predicted molar refractivity (Wildman–Crippen MR) is 78.7 cm³/mol. The van der Waals surface area contributed by atoms with Crippen LogP contribution in [0.1, 0.15) is 0 Å². The molecule has 20 heavy (non-hydrogen) atoms. The van der Waals surface area contributed by atoms with Crippen molar-refractivity contribution in [3.8, 4) is 0 Å². The van der Waals surface area contributed by atoms with E-state index in [1.165, 1.54) is 0 Å². The van der Waals surface area contributed by atoms with Crippen LogP contribution in [0.3, 0.4) is 0 Å². The van der Waals surface area contributed by atoms with Crippen LogP contribution in [0.5, 0.6) is 0 Å². The largest absolute Gasteiger partial charge is 0.300 e. The van der Waals surface area contributed by atoms with Gasteiger partial charge in [0.25, 0.3) is 0 Å². The molecule has 1 aromatic heterocycles. The molecule has 2 aromatic carbocycles. The SMILES string of the molecule is O=Nc1ccc(NNc2nncc3ccccc23)cc1. The van der Waals surface area contributed by atoms with Crippen molar-refractivity contribution in [2.24, 2.45) is 5.18 Å². The minimum absolute atomic E-state index is 0.389. The molecule has 98 valence electrons. The number of rotatable bonds is 4. The Kier molecular flexibility index (Phi) is 3.20. The molecule has 0 aliphatic carbocycles. The number of nitrogens with zero attached hydrogens (tertiary/aromatic N) is 3. The van der Waals surface area contributed by atoms with Gasteiger partial charge in [0.15, 0.2) is 5.82 Å². The highest BCUT2D eigenvalue weighted by atomic mass is 16.3. The van der Waals surface area contributed by atoms with Crippen LogP contribution in [0.4, 0.5) is 17.2 Å². The molecule has 0 aliphatic heterocycles. The van der Waals surface area contributed by atoms with Gasteiger partial charge in [-0.2, -0.15) is 5.10 Å². The number of aromatic nitrogens is 2. The Bertz CT molecular complexity index is 737. The highest BCUT2D eigenvalue weighted by Gasteiger charge is 2.02. The second-order valence-electron chi connectivity index (χ2n) is 4.17. The molecule has 0 atom stereocenters. The molecule has 0 amide bonds. The van der Waals surface area contributed by atoms with Crippen molar-refractivity contribution in [2.75, 3.05) is 10.9 Å². The molecule has 1 heterocycles. The molecule has 0 saturated heterocycles. The molecule has 3 rings (SSSR count). The summed E-state index contributed by atoms with van der Waals surface area (Å²) in [5.41, 5.74) is 7.20. The maximum atomic E-state index is 10.3.